The highest BCUT2D eigenvalue weighted by Gasteiger charge is 2.47. The number of allylic oxidation sites excluding steroid dienone is 2. The second-order valence-electron chi connectivity index (χ2n) is 8.04. The average Bonchev–Trinajstić information content (AvgIpc) is 2.58. The molecule has 0 spiro atoms. The minimum atomic E-state index is -0.752. The van der Waals surface area contributed by atoms with E-state index in [4.69, 9.17) is 32.7 Å². The molecule has 3 rings (SSSR count). The number of benzene rings is 1. The Morgan fingerprint density at radius 2 is 1.89 bits per heavy atom. The number of carbonyl (C=O) groups excluding carboxylic acids is 2. The highest BCUT2D eigenvalue weighted by Crippen LogP contribution is 2.51. The number of carbonyl (C=O) groups is 2. The third-order valence-electron chi connectivity index (χ3n) is 5.33. The van der Waals surface area contributed by atoms with Crippen LogP contribution in [0.4, 0.5) is 0 Å². The number of ketones is 1. The first-order chi connectivity index (χ1) is 13.1. The maximum Gasteiger partial charge on any atom is 0.315 e. The zero-order valence-corrected chi connectivity index (χ0v) is 18.1. The van der Waals surface area contributed by atoms with E-state index in [1.54, 1.807) is 19.1 Å². The Hall–Kier alpha value is -1.85. The summed E-state index contributed by atoms with van der Waals surface area (Å²) in [6, 6.07) is 3.27. The Morgan fingerprint density at radius 1 is 1.21 bits per heavy atom. The van der Waals surface area contributed by atoms with Crippen molar-refractivity contribution in [1.29, 1.82) is 0 Å². The van der Waals surface area contributed by atoms with Crippen molar-refractivity contribution in [3.05, 3.63) is 39.0 Å². The Balaban J connectivity index is 2.31. The van der Waals surface area contributed by atoms with Crippen LogP contribution in [0.1, 0.15) is 45.1 Å². The number of rotatable bonds is 3. The van der Waals surface area contributed by atoms with Crippen molar-refractivity contribution in [2.24, 2.45) is 16.3 Å². The topological polar surface area (TPSA) is 65.0 Å². The molecule has 5 nitrogen and oxygen atoms in total. The smallest absolute Gasteiger partial charge is 0.315 e. The molecule has 1 aliphatic carbocycles. The minimum absolute atomic E-state index is 0.0282. The Kier molecular flexibility index (Phi) is 5.61. The molecule has 0 aromatic heterocycles. The van der Waals surface area contributed by atoms with Gasteiger partial charge in [-0.2, -0.15) is 0 Å². The van der Waals surface area contributed by atoms with Gasteiger partial charge in [-0.1, -0.05) is 37.0 Å². The van der Waals surface area contributed by atoms with E-state index in [0.717, 1.165) is 0 Å². The highest BCUT2D eigenvalue weighted by atomic mass is 35.5. The lowest BCUT2D eigenvalue weighted by Gasteiger charge is -2.39. The molecule has 0 saturated carbocycles. The molecule has 1 aromatic carbocycles. The van der Waals surface area contributed by atoms with Gasteiger partial charge >= 0.3 is 5.97 Å². The van der Waals surface area contributed by atoms with E-state index in [9.17, 15) is 9.59 Å². The van der Waals surface area contributed by atoms with Crippen LogP contribution in [-0.4, -0.2) is 31.7 Å². The molecule has 1 unspecified atom stereocenters. The van der Waals surface area contributed by atoms with Crippen LogP contribution in [0, 0.1) is 11.3 Å². The van der Waals surface area contributed by atoms with Crippen molar-refractivity contribution in [3.63, 3.8) is 0 Å². The van der Waals surface area contributed by atoms with Gasteiger partial charge in [-0.05, 0) is 30.9 Å². The van der Waals surface area contributed by atoms with Crippen LogP contribution in [0.15, 0.2) is 28.4 Å². The van der Waals surface area contributed by atoms with Gasteiger partial charge in [0.1, 0.15) is 11.7 Å². The fourth-order valence-electron chi connectivity index (χ4n) is 4.24. The van der Waals surface area contributed by atoms with Gasteiger partial charge in [0.25, 0.3) is 0 Å². The predicted molar refractivity (Wildman–Crippen MR) is 109 cm³/mol. The fraction of sp³-hybridized carbons (Fsp3) is 0.476. The van der Waals surface area contributed by atoms with Crippen LogP contribution >= 0.6 is 23.2 Å². The largest absolute Gasteiger partial charge is 0.495 e. The molecular weight excluding hydrogens is 401 g/mol. The van der Waals surface area contributed by atoms with Crippen LogP contribution in [0.5, 0.6) is 5.75 Å². The summed E-state index contributed by atoms with van der Waals surface area (Å²) in [5, 5.41) is 0.717. The van der Waals surface area contributed by atoms with E-state index in [2.05, 4.69) is 4.99 Å². The molecule has 150 valence electrons. The Bertz CT molecular complexity index is 917. The van der Waals surface area contributed by atoms with E-state index in [1.165, 1.54) is 14.2 Å². The van der Waals surface area contributed by atoms with Crippen molar-refractivity contribution < 1.29 is 19.1 Å². The molecule has 2 atom stereocenters. The summed E-state index contributed by atoms with van der Waals surface area (Å²) in [4.78, 5) is 30.5. The van der Waals surface area contributed by atoms with Crippen LogP contribution < -0.4 is 4.74 Å². The number of aliphatic imine (C=N–C) groups is 1. The van der Waals surface area contributed by atoms with E-state index < -0.39 is 17.8 Å². The van der Waals surface area contributed by atoms with Crippen LogP contribution in [0.2, 0.25) is 10.0 Å². The molecule has 1 heterocycles. The maximum absolute atomic E-state index is 13.2. The van der Waals surface area contributed by atoms with Crippen molar-refractivity contribution >= 4 is 40.7 Å². The average molecular weight is 424 g/mol. The molecule has 0 saturated heterocycles. The van der Waals surface area contributed by atoms with Gasteiger partial charge in [-0.25, -0.2) is 0 Å². The van der Waals surface area contributed by atoms with E-state index in [0.29, 0.717) is 51.2 Å². The van der Waals surface area contributed by atoms with Gasteiger partial charge in [0.05, 0.1) is 19.2 Å². The normalized spacial score (nSPS) is 23.8. The number of hydrogen-bond donors (Lipinski definition) is 0. The summed E-state index contributed by atoms with van der Waals surface area (Å²) in [6.45, 7) is 5.86. The van der Waals surface area contributed by atoms with E-state index >= 15 is 0 Å². The lowest BCUT2D eigenvalue weighted by molar-refractivity contribution is -0.143. The molecule has 0 fully saturated rings. The third-order valence-corrected chi connectivity index (χ3v) is 5.83. The number of nitrogens with zero attached hydrogens (tertiary/aromatic N) is 1. The molecule has 1 aliphatic heterocycles. The van der Waals surface area contributed by atoms with Gasteiger partial charge in [0.15, 0.2) is 5.78 Å². The SMILES string of the molecule is COC(=O)C1C(C)=NC2=C(C(=O)CC(C)(C)C2)[C@@H]1c1cc(Cl)cc(Cl)c1OC. The number of esters is 1. The standard InChI is InChI=1S/C21H23Cl2NO4/c1-10-16(20(26)28-5)17(12-6-11(22)7-13(23)19(12)27-4)18-14(24-10)8-21(2,3)9-15(18)25/h6-7,16-17H,8-9H2,1-5H3/t16?,17-/m1/s1. The fourth-order valence-corrected chi connectivity index (χ4v) is 4.83. The number of halogens is 2. The Labute approximate surface area is 174 Å². The zero-order valence-electron chi connectivity index (χ0n) is 16.6. The first kappa shape index (κ1) is 20.9. The highest BCUT2D eigenvalue weighted by molar-refractivity contribution is 6.35. The van der Waals surface area contributed by atoms with Crippen molar-refractivity contribution in [1.82, 2.24) is 0 Å². The molecule has 7 heteroatoms. The molecular formula is C21H23Cl2NO4. The van der Waals surface area contributed by atoms with Crippen LogP contribution in [0.3, 0.4) is 0 Å². The summed E-state index contributed by atoms with van der Waals surface area (Å²) in [6.07, 6.45) is 1.02. The Morgan fingerprint density at radius 3 is 2.50 bits per heavy atom. The summed E-state index contributed by atoms with van der Waals surface area (Å²) < 4.78 is 10.6. The molecule has 0 N–H and O–H groups in total. The van der Waals surface area contributed by atoms with Gasteiger partial charge in [-0.3, -0.25) is 14.6 Å². The predicted octanol–water partition coefficient (Wildman–Crippen LogP) is 4.99. The number of Topliss-reactive ketones (excluding diaryl/α,β-unsaturated/α-hetero) is 1. The lowest BCUT2D eigenvalue weighted by Crippen LogP contribution is -2.39. The summed E-state index contributed by atoms with van der Waals surface area (Å²) >= 11 is 12.6. The van der Waals surface area contributed by atoms with Gasteiger partial charge < -0.3 is 9.47 Å². The zero-order chi connectivity index (χ0) is 20.8. The van der Waals surface area contributed by atoms with Crippen LogP contribution in [-0.2, 0) is 14.3 Å². The maximum atomic E-state index is 13.2. The number of hydrogen-bond acceptors (Lipinski definition) is 5. The van der Waals surface area contributed by atoms with E-state index in [-0.39, 0.29) is 11.2 Å². The molecule has 0 bridgehead atoms. The van der Waals surface area contributed by atoms with Gasteiger partial charge in [0.2, 0.25) is 0 Å². The van der Waals surface area contributed by atoms with Crippen molar-refractivity contribution in [2.75, 3.05) is 14.2 Å². The summed E-state index contributed by atoms with van der Waals surface area (Å²) in [7, 11) is 2.82. The monoisotopic (exact) mass is 423 g/mol. The third kappa shape index (κ3) is 3.58. The number of ether oxygens (including phenoxy) is 2. The van der Waals surface area contributed by atoms with Crippen LogP contribution in [0.25, 0.3) is 0 Å². The summed E-state index contributed by atoms with van der Waals surface area (Å²) in [5.74, 6) is -1.47. The molecule has 28 heavy (non-hydrogen) atoms. The van der Waals surface area contributed by atoms with E-state index in [1.807, 2.05) is 13.8 Å². The van der Waals surface area contributed by atoms with Gasteiger partial charge in [-0.15, -0.1) is 0 Å². The minimum Gasteiger partial charge on any atom is -0.495 e. The quantitative estimate of drug-likeness (QED) is 0.641. The van der Waals surface area contributed by atoms with Crippen molar-refractivity contribution in [2.45, 2.75) is 39.5 Å². The summed E-state index contributed by atoms with van der Waals surface area (Å²) in [5.41, 5.74) is 2.22. The first-order valence-electron chi connectivity index (χ1n) is 9.02. The first-order valence-corrected chi connectivity index (χ1v) is 9.77. The number of methoxy groups -OCH3 is 2. The second-order valence-corrected chi connectivity index (χ2v) is 8.89. The molecule has 0 radical (unpaired) electrons. The molecule has 2 aliphatic rings. The molecule has 0 amide bonds. The van der Waals surface area contributed by atoms with Crippen molar-refractivity contribution in [3.8, 4) is 5.75 Å². The molecule has 1 aromatic rings. The lowest BCUT2D eigenvalue weighted by atomic mass is 9.66. The van der Waals surface area contributed by atoms with Gasteiger partial charge in [0, 0.05) is 39.9 Å². The second kappa shape index (κ2) is 7.53.